The number of benzene rings is 2. The van der Waals surface area contributed by atoms with Crippen molar-refractivity contribution in [3.63, 3.8) is 0 Å². The highest BCUT2D eigenvalue weighted by Gasteiger charge is 2.14. The van der Waals surface area contributed by atoms with E-state index in [1.54, 1.807) is 13.8 Å². The Morgan fingerprint density at radius 1 is 1.25 bits per heavy atom. The largest absolute Gasteiger partial charge is 0.484 e. The molecule has 0 radical (unpaired) electrons. The lowest BCUT2D eigenvalue weighted by Crippen LogP contribution is -2.21. The van der Waals surface area contributed by atoms with Crippen molar-refractivity contribution in [3.8, 4) is 5.75 Å². The van der Waals surface area contributed by atoms with Crippen LogP contribution in [0.25, 0.3) is 0 Å². The van der Waals surface area contributed by atoms with Crippen molar-refractivity contribution in [2.45, 2.75) is 18.7 Å². The quantitative estimate of drug-likeness (QED) is 0.861. The van der Waals surface area contributed by atoms with Gasteiger partial charge >= 0.3 is 0 Å². The second kappa shape index (κ2) is 6.98. The van der Waals surface area contributed by atoms with E-state index in [0.29, 0.717) is 16.8 Å². The maximum Gasteiger partial charge on any atom is 0.262 e. The Bertz CT molecular complexity index is 882. The van der Waals surface area contributed by atoms with Gasteiger partial charge in [0, 0.05) is 11.8 Å². The van der Waals surface area contributed by atoms with Gasteiger partial charge in [0.25, 0.3) is 5.91 Å². The molecule has 2 aromatic carbocycles. The van der Waals surface area contributed by atoms with E-state index < -0.39 is 21.7 Å². The molecule has 0 heterocycles. The molecule has 8 heteroatoms. The third-order valence-corrected chi connectivity index (χ3v) is 4.30. The highest BCUT2D eigenvalue weighted by Crippen LogP contribution is 2.23. The minimum Gasteiger partial charge on any atom is -0.484 e. The number of amides is 1. The summed E-state index contributed by atoms with van der Waals surface area (Å²) < 4.78 is 41.2. The summed E-state index contributed by atoms with van der Waals surface area (Å²) in [5.41, 5.74) is 1.70. The number of aryl methyl sites for hydroxylation is 1. The van der Waals surface area contributed by atoms with E-state index >= 15 is 0 Å². The van der Waals surface area contributed by atoms with Gasteiger partial charge in [-0.3, -0.25) is 4.79 Å². The van der Waals surface area contributed by atoms with Crippen molar-refractivity contribution in [1.82, 2.24) is 0 Å². The SMILES string of the molecule is Cc1cc(S(N)(=O)=O)cc(NC(=O)COc2cccc(F)c2)c1C. The molecular formula is C16H17FN2O4S. The molecule has 3 N–H and O–H groups in total. The van der Waals surface area contributed by atoms with Gasteiger partial charge in [-0.15, -0.1) is 0 Å². The molecule has 24 heavy (non-hydrogen) atoms. The van der Waals surface area contributed by atoms with Crippen LogP contribution in [0.15, 0.2) is 41.3 Å². The topological polar surface area (TPSA) is 98.5 Å². The van der Waals surface area contributed by atoms with Crippen LogP contribution in [0.5, 0.6) is 5.75 Å². The van der Waals surface area contributed by atoms with Crippen LogP contribution < -0.4 is 15.2 Å². The number of anilines is 1. The first kappa shape index (κ1) is 17.9. The highest BCUT2D eigenvalue weighted by molar-refractivity contribution is 7.89. The van der Waals surface area contributed by atoms with Gasteiger partial charge in [0.2, 0.25) is 10.0 Å². The zero-order chi connectivity index (χ0) is 17.9. The van der Waals surface area contributed by atoms with Gasteiger partial charge in [-0.05, 0) is 49.2 Å². The minimum absolute atomic E-state index is 0.0908. The first-order chi connectivity index (χ1) is 11.2. The van der Waals surface area contributed by atoms with E-state index in [1.165, 1.54) is 30.3 Å². The Labute approximate surface area is 139 Å². The first-order valence-electron chi connectivity index (χ1n) is 6.99. The smallest absolute Gasteiger partial charge is 0.262 e. The van der Waals surface area contributed by atoms with Gasteiger partial charge in [-0.1, -0.05) is 6.07 Å². The Morgan fingerprint density at radius 2 is 1.96 bits per heavy atom. The minimum atomic E-state index is -3.88. The third-order valence-electron chi connectivity index (χ3n) is 3.41. The van der Waals surface area contributed by atoms with Crippen molar-refractivity contribution >= 4 is 21.6 Å². The van der Waals surface area contributed by atoms with E-state index in [4.69, 9.17) is 9.88 Å². The van der Waals surface area contributed by atoms with Crippen LogP contribution in [0, 0.1) is 19.7 Å². The maximum absolute atomic E-state index is 13.0. The fourth-order valence-electron chi connectivity index (χ4n) is 2.01. The second-order valence-electron chi connectivity index (χ2n) is 5.25. The van der Waals surface area contributed by atoms with Crippen molar-refractivity contribution < 1.29 is 22.3 Å². The Balaban J connectivity index is 2.12. The van der Waals surface area contributed by atoms with Crippen LogP contribution in [0.4, 0.5) is 10.1 Å². The predicted octanol–water partition coefficient (Wildman–Crippen LogP) is 2.11. The van der Waals surface area contributed by atoms with Crippen LogP contribution in [0.3, 0.4) is 0 Å². The van der Waals surface area contributed by atoms with Gasteiger partial charge in [-0.25, -0.2) is 17.9 Å². The molecule has 0 saturated heterocycles. The summed E-state index contributed by atoms with van der Waals surface area (Å²) >= 11 is 0. The van der Waals surface area contributed by atoms with E-state index in [0.717, 1.165) is 6.07 Å². The Hall–Kier alpha value is -2.45. The zero-order valence-electron chi connectivity index (χ0n) is 13.2. The number of sulfonamides is 1. The van der Waals surface area contributed by atoms with E-state index in [-0.39, 0.29) is 17.3 Å². The lowest BCUT2D eigenvalue weighted by molar-refractivity contribution is -0.118. The van der Waals surface area contributed by atoms with Gasteiger partial charge < -0.3 is 10.1 Å². The molecule has 0 spiro atoms. The molecule has 0 unspecified atom stereocenters. The summed E-state index contributed by atoms with van der Waals surface area (Å²) in [4.78, 5) is 11.9. The third kappa shape index (κ3) is 4.53. The zero-order valence-corrected chi connectivity index (χ0v) is 14.0. The number of nitrogens with two attached hydrogens (primary N) is 1. The number of primary sulfonamides is 1. The number of nitrogens with one attached hydrogen (secondary N) is 1. The van der Waals surface area contributed by atoms with Crippen molar-refractivity contribution in [2.75, 3.05) is 11.9 Å². The molecule has 2 aromatic rings. The van der Waals surface area contributed by atoms with Gasteiger partial charge in [-0.2, -0.15) is 0 Å². The maximum atomic E-state index is 13.0. The fourth-order valence-corrected chi connectivity index (χ4v) is 2.64. The molecule has 6 nitrogen and oxygen atoms in total. The molecule has 0 aliphatic heterocycles. The van der Waals surface area contributed by atoms with Crippen LogP contribution >= 0.6 is 0 Å². The van der Waals surface area contributed by atoms with Gasteiger partial charge in [0.1, 0.15) is 11.6 Å². The normalized spacial score (nSPS) is 11.2. The lowest BCUT2D eigenvalue weighted by Gasteiger charge is -2.13. The monoisotopic (exact) mass is 352 g/mol. The summed E-state index contributed by atoms with van der Waals surface area (Å²) in [6, 6.07) is 8.13. The molecule has 0 atom stereocenters. The van der Waals surface area contributed by atoms with E-state index in [2.05, 4.69) is 5.32 Å². The highest BCUT2D eigenvalue weighted by atomic mass is 32.2. The molecule has 0 fully saturated rings. The molecule has 0 saturated carbocycles. The molecular weight excluding hydrogens is 335 g/mol. The molecule has 2 rings (SSSR count). The first-order valence-corrected chi connectivity index (χ1v) is 8.54. The Kier molecular flexibility index (Phi) is 5.20. The van der Waals surface area contributed by atoms with E-state index in [1.807, 2.05) is 0 Å². The lowest BCUT2D eigenvalue weighted by atomic mass is 10.1. The summed E-state index contributed by atoms with van der Waals surface area (Å²) in [5.74, 6) is -0.759. The predicted molar refractivity (Wildman–Crippen MR) is 87.8 cm³/mol. The molecule has 128 valence electrons. The number of ether oxygens (including phenoxy) is 1. The van der Waals surface area contributed by atoms with Crippen LogP contribution in [-0.2, 0) is 14.8 Å². The second-order valence-corrected chi connectivity index (χ2v) is 6.81. The summed E-state index contributed by atoms with van der Waals surface area (Å²) in [7, 11) is -3.88. The molecule has 0 aliphatic rings. The number of halogens is 1. The molecule has 0 bridgehead atoms. The fraction of sp³-hybridized carbons (Fsp3) is 0.188. The Morgan fingerprint density at radius 3 is 2.58 bits per heavy atom. The summed E-state index contributed by atoms with van der Waals surface area (Å²) in [6.07, 6.45) is 0. The molecule has 0 aromatic heterocycles. The number of carbonyl (C=O) groups excluding carboxylic acids is 1. The number of hydrogen-bond acceptors (Lipinski definition) is 4. The van der Waals surface area contributed by atoms with Crippen molar-refractivity contribution in [1.29, 1.82) is 0 Å². The number of carbonyl (C=O) groups is 1. The molecule has 0 aliphatic carbocycles. The van der Waals surface area contributed by atoms with Gasteiger partial charge in [0.05, 0.1) is 4.90 Å². The van der Waals surface area contributed by atoms with Crippen molar-refractivity contribution in [3.05, 3.63) is 53.3 Å². The van der Waals surface area contributed by atoms with Crippen molar-refractivity contribution in [2.24, 2.45) is 5.14 Å². The summed E-state index contributed by atoms with van der Waals surface area (Å²) in [6.45, 7) is 3.11. The molecule has 1 amide bonds. The average molecular weight is 352 g/mol. The van der Waals surface area contributed by atoms with Crippen LogP contribution in [0.1, 0.15) is 11.1 Å². The summed E-state index contributed by atoms with van der Waals surface area (Å²) in [5, 5.41) is 7.69. The average Bonchev–Trinajstić information content (AvgIpc) is 2.48. The number of rotatable bonds is 5. The van der Waals surface area contributed by atoms with Crippen LogP contribution in [-0.4, -0.2) is 20.9 Å². The van der Waals surface area contributed by atoms with Gasteiger partial charge in [0.15, 0.2) is 6.61 Å². The van der Waals surface area contributed by atoms with Crippen LogP contribution in [0.2, 0.25) is 0 Å². The van der Waals surface area contributed by atoms with E-state index in [9.17, 15) is 17.6 Å². The number of hydrogen-bond donors (Lipinski definition) is 2. The standard InChI is InChI=1S/C16H17FN2O4S/c1-10-6-14(24(18,21)22)8-15(11(10)2)19-16(20)9-23-13-5-3-4-12(17)7-13/h3-8H,9H2,1-2H3,(H,19,20)(H2,18,21,22).